The number of carbonyl (C=O) groups excluding carboxylic acids is 1. The van der Waals surface area contributed by atoms with E-state index in [1.165, 1.54) is 5.56 Å². The number of fused-ring (bicyclic) bond motifs is 3. The fourth-order valence-electron chi connectivity index (χ4n) is 8.01. The number of nitrogens with zero attached hydrogens (tertiary/aromatic N) is 5. The molecular formula is C36H45N9O3. The SMILES string of the molecule is NC1CCC(n2cc3c(nc2=O)Nc2cc(C4CCN(CC(=O)N(Cc5ccc6[nH]cnc6c5)C5CCNCC5)CC4)ccc2O3)CC1. The molecule has 3 aliphatic heterocycles. The zero-order valence-electron chi connectivity index (χ0n) is 27.4. The Kier molecular flexibility index (Phi) is 8.62. The lowest BCUT2D eigenvalue weighted by Crippen LogP contribution is -2.49. The molecule has 8 rings (SSSR count). The summed E-state index contributed by atoms with van der Waals surface area (Å²) in [6.07, 6.45) is 11.0. The maximum absolute atomic E-state index is 13.9. The molecule has 12 nitrogen and oxygen atoms in total. The Bertz CT molecular complexity index is 1830. The normalized spacial score (nSPS) is 22.0. The highest BCUT2D eigenvalue weighted by Crippen LogP contribution is 2.43. The largest absolute Gasteiger partial charge is 0.450 e. The number of hydrogen-bond donors (Lipinski definition) is 4. The topological polar surface area (TPSA) is 146 Å². The van der Waals surface area contributed by atoms with Crippen molar-refractivity contribution in [1.82, 2.24) is 34.6 Å². The van der Waals surface area contributed by atoms with Crippen LogP contribution in [0, 0.1) is 0 Å². The van der Waals surface area contributed by atoms with Crippen molar-refractivity contribution in [3.05, 3.63) is 70.5 Å². The van der Waals surface area contributed by atoms with Crippen LogP contribution in [0.3, 0.4) is 0 Å². The van der Waals surface area contributed by atoms with E-state index in [1.54, 1.807) is 17.1 Å². The van der Waals surface area contributed by atoms with Gasteiger partial charge >= 0.3 is 5.69 Å². The Morgan fingerprint density at radius 3 is 2.60 bits per heavy atom. The van der Waals surface area contributed by atoms with E-state index in [-0.39, 0.29) is 29.7 Å². The number of hydrogen-bond acceptors (Lipinski definition) is 9. The minimum Gasteiger partial charge on any atom is -0.450 e. The summed E-state index contributed by atoms with van der Waals surface area (Å²) in [6, 6.07) is 13.1. The highest BCUT2D eigenvalue weighted by Gasteiger charge is 2.30. The molecule has 252 valence electrons. The molecule has 0 bridgehead atoms. The average Bonchev–Trinajstić information content (AvgIpc) is 3.58. The second-order valence-corrected chi connectivity index (χ2v) is 14.0. The molecule has 0 atom stereocenters. The second-order valence-electron chi connectivity index (χ2n) is 14.0. The van der Waals surface area contributed by atoms with Gasteiger partial charge in [0.15, 0.2) is 17.3 Å². The minimum absolute atomic E-state index is 0.105. The molecule has 48 heavy (non-hydrogen) atoms. The van der Waals surface area contributed by atoms with Crippen LogP contribution < -0.4 is 26.8 Å². The molecule has 1 saturated carbocycles. The summed E-state index contributed by atoms with van der Waals surface area (Å²) in [7, 11) is 0. The third-order valence-electron chi connectivity index (χ3n) is 10.9. The first-order valence-electron chi connectivity index (χ1n) is 17.6. The summed E-state index contributed by atoms with van der Waals surface area (Å²) < 4.78 is 7.97. The molecule has 2 aromatic heterocycles. The Labute approximate surface area is 280 Å². The van der Waals surface area contributed by atoms with Crippen LogP contribution in [0.5, 0.6) is 11.5 Å². The highest BCUT2D eigenvalue weighted by molar-refractivity contribution is 5.79. The standard InChI is InChI=1S/C36H45N9O3/c37-26-3-5-27(6-4-26)45-20-33-35(42-36(45)47)41-31-18-25(2-8-32(31)48-33)24-11-15-43(16-12-24)21-34(46)44(28-9-13-38-14-10-28)19-23-1-7-29-30(17-23)40-22-39-29/h1-2,7-8,17-18,20,22,24,26-28,38H,3-6,9-16,19,21,37H2,(H,39,40)(H,41,42,47). The summed E-state index contributed by atoms with van der Waals surface area (Å²) in [5.41, 5.74) is 10.9. The van der Waals surface area contributed by atoms with Gasteiger partial charge in [-0.15, -0.1) is 0 Å². The number of amides is 1. The number of aromatic nitrogens is 4. The zero-order chi connectivity index (χ0) is 32.6. The number of imidazole rings is 1. The van der Waals surface area contributed by atoms with Crippen LogP contribution in [0.2, 0.25) is 0 Å². The molecule has 2 aromatic carbocycles. The predicted molar refractivity (Wildman–Crippen MR) is 185 cm³/mol. The van der Waals surface area contributed by atoms with Crippen LogP contribution in [0.1, 0.15) is 74.5 Å². The van der Waals surface area contributed by atoms with E-state index in [9.17, 15) is 9.59 Å². The Morgan fingerprint density at radius 1 is 0.979 bits per heavy atom. The number of piperidine rings is 2. The lowest BCUT2D eigenvalue weighted by atomic mass is 9.89. The molecule has 0 radical (unpaired) electrons. The third-order valence-corrected chi connectivity index (χ3v) is 10.9. The maximum atomic E-state index is 13.9. The average molecular weight is 652 g/mol. The van der Waals surface area contributed by atoms with Crippen molar-refractivity contribution in [1.29, 1.82) is 0 Å². The Morgan fingerprint density at radius 2 is 1.79 bits per heavy atom. The molecule has 1 amide bonds. The van der Waals surface area contributed by atoms with Crippen LogP contribution in [0.15, 0.2) is 53.7 Å². The summed E-state index contributed by atoms with van der Waals surface area (Å²) in [4.78, 5) is 43.2. The number of H-pyrrole nitrogens is 1. The lowest BCUT2D eigenvalue weighted by Gasteiger charge is -2.38. The number of anilines is 2. The fourth-order valence-corrected chi connectivity index (χ4v) is 8.01. The van der Waals surface area contributed by atoms with Crippen LogP contribution in [0.4, 0.5) is 11.5 Å². The first-order chi connectivity index (χ1) is 23.5. The van der Waals surface area contributed by atoms with Gasteiger partial charge in [0.25, 0.3) is 0 Å². The number of likely N-dealkylation sites (tertiary alicyclic amines) is 1. The number of ether oxygens (including phenoxy) is 1. The molecule has 12 heteroatoms. The van der Waals surface area contributed by atoms with Gasteiger partial charge in [-0.1, -0.05) is 12.1 Å². The molecule has 1 aliphatic carbocycles. The van der Waals surface area contributed by atoms with Gasteiger partial charge in [0.2, 0.25) is 5.91 Å². The van der Waals surface area contributed by atoms with Crippen LogP contribution in [-0.2, 0) is 11.3 Å². The second kappa shape index (κ2) is 13.3. The van der Waals surface area contributed by atoms with Gasteiger partial charge < -0.3 is 31.0 Å². The van der Waals surface area contributed by atoms with Gasteiger partial charge in [0, 0.05) is 24.7 Å². The van der Waals surface area contributed by atoms with Gasteiger partial charge in [-0.3, -0.25) is 14.3 Å². The number of carbonyl (C=O) groups is 1. The smallest absolute Gasteiger partial charge is 0.350 e. The van der Waals surface area contributed by atoms with Crippen molar-refractivity contribution in [2.24, 2.45) is 5.73 Å². The van der Waals surface area contributed by atoms with Crippen molar-refractivity contribution in [2.45, 2.75) is 82.0 Å². The zero-order valence-corrected chi connectivity index (χ0v) is 27.4. The number of aromatic amines is 1. The molecule has 3 fully saturated rings. The van der Waals surface area contributed by atoms with Crippen LogP contribution in [-0.4, -0.2) is 80.0 Å². The summed E-state index contributed by atoms with van der Waals surface area (Å²) in [5.74, 6) is 2.35. The van der Waals surface area contributed by atoms with Gasteiger partial charge in [-0.05, 0) is 119 Å². The minimum atomic E-state index is -0.260. The molecular weight excluding hydrogens is 606 g/mol. The lowest BCUT2D eigenvalue weighted by molar-refractivity contribution is -0.136. The van der Waals surface area contributed by atoms with E-state index in [1.807, 2.05) is 6.07 Å². The van der Waals surface area contributed by atoms with Crippen molar-refractivity contribution in [3.63, 3.8) is 0 Å². The van der Waals surface area contributed by atoms with Crippen LogP contribution in [0.25, 0.3) is 11.0 Å². The van der Waals surface area contributed by atoms with E-state index >= 15 is 0 Å². The van der Waals surface area contributed by atoms with Crippen molar-refractivity contribution in [3.8, 4) is 11.5 Å². The van der Waals surface area contributed by atoms with Gasteiger partial charge in [-0.25, -0.2) is 9.78 Å². The van der Waals surface area contributed by atoms with Gasteiger partial charge in [-0.2, -0.15) is 4.98 Å². The van der Waals surface area contributed by atoms with Crippen molar-refractivity contribution >= 4 is 28.4 Å². The predicted octanol–water partition coefficient (Wildman–Crippen LogP) is 4.37. The van der Waals surface area contributed by atoms with E-state index in [0.29, 0.717) is 30.6 Å². The van der Waals surface area contributed by atoms with Crippen LogP contribution >= 0.6 is 0 Å². The first-order valence-corrected chi connectivity index (χ1v) is 17.6. The quantitative estimate of drug-likeness (QED) is 0.202. The Balaban J connectivity index is 0.900. The molecule has 4 aromatic rings. The molecule has 0 unspecified atom stereocenters. The molecule has 5 N–H and O–H groups in total. The van der Waals surface area contributed by atoms with Crippen molar-refractivity contribution < 1.29 is 9.53 Å². The monoisotopic (exact) mass is 651 g/mol. The molecule has 5 heterocycles. The summed E-state index contributed by atoms with van der Waals surface area (Å²) >= 11 is 0. The molecule has 2 saturated heterocycles. The Hall–Kier alpha value is -4.26. The van der Waals surface area contributed by atoms with E-state index in [2.05, 4.69) is 65.7 Å². The van der Waals surface area contributed by atoms with Gasteiger partial charge in [0.1, 0.15) is 0 Å². The number of nitrogens with two attached hydrogens (primary N) is 1. The van der Waals surface area contributed by atoms with Crippen molar-refractivity contribution in [2.75, 3.05) is 38.0 Å². The first kappa shape index (κ1) is 31.0. The van der Waals surface area contributed by atoms with E-state index in [0.717, 1.165) is 106 Å². The molecule has 4 aliphatic rings. The number of nitrogens with one attached hydrogen (secondary N) is 3. The van der Waals surface area contributed by atoms with Gasteiger partial charge in [0.05, 0.1) is 35.8 Å². The summed E-state index contributed by atoms with van der Waals surface area (Å²) in [5, 5.41) is 6.80. The number of benzene rings is 2. The third kappa shape index (κ3) is 6.44. The summed E-state index contributed by atoms with van der Waals surface area (Å²) in [6.45, 7) is 4.66. The van der Waals surface area contributed by atoms with E-state index in [4.69, 9.17) is 10.5 Å². The molecule has 0 spiro atoms. The number of rotatable bonds is 7. The van der Waals surface area contributed by atoms with E-state index < -0.39 is 0 Å². The highest BCUT2D eigenvalue weighted by atomic mass is 16.5. The maximum Gasteiger partial charge on any atom is 0.350 e. The fraction of sp³-hybridized carbons (Fsp3) is 0.500.